The third-order valence-electron chi connectivity index (χ3n) is 4.80. The minimum atomic E-state index is -0.815. The molecule has 3 aromatic rings. The molecule has 1 amide bonds. The number of carbonyl (C=O) groups is 1. The molecule has 0 radical (unpaired) electrons. The summed E-state index contributed by atoms with van der Waals surface area (Å²) in [7, 11) is 3.97. The molecule has 0 aliphatic carbocycles. The Morgan fingerprint density at radius 2 is 1.77 bits per heavy atom. The van der Waals surface area contributed by atoms with Crippen LogP contribution in [-0.2, 0) is 11.3 Å². The normalized spacial score (nSPS) is 12.2. The van der Waals surface area contributed by atoms with E-state index < -0.39 is 23.2 Å². The Balaban J connectivity index is 1.80. The molecule has 0 fully saturated rings. The fourth-order valence-corrected chi connectivity index (χ4v) is 4.01. The van der Waals surface area contributed by atoms with Crippen molar-refractivity contribution in [3.8, 4) is 0 Å². The number of hydrogen-bond donors (Lipinski definition) is 1. The lowest BCUT2D eigenvalue weighted by Crippen LogP contribution is -2.23. The number of nitrogens with zero attached hydrogens (tertiary/aromatic N) is 4. The number of para-hydroxylation sites is 1. The predicted octanol–water partition coefficient (Wildman–Crippen LogP) is 4.35. The van der Waals surface area contributed by atoms with Crippen molar-refractivity contribution in [2.45, 2.75) is 31.1 Å². The van der Waals surface area contributed by atoms with Gasteiger partial charge in [-0.15, -0.1) is 10.2 Å². The average Bonchev–Trinajstić information content (AvgIpc) is 3.12. The predicted molar refractivity (Wildman–Crippen MR) is 118 cm³/mol. The van der Waals surface area contributed by atoms with Crippen molar-refractivity contribution in [1.29, 1.82) is 0 Å². The second kappa shape index (κ2) is 10.5. The van der Waals surface area contributed by atoms with Gasteiger partial charge in [-0.2, -0.15) is 0 Å². The van der Waals surface area contributed by atoms with Crippen molar-refractivity contribution in [1.82, 2.24) is 19.7 Å². The topological polar surface area (TPSA) is 63.1 Å². The molecule has 1 N–H and O–H groups in total. The number of rotatable bonds is 9. The van der Waals surface area contributed by atoms with Crippen molar-refractivity contribution in [2.75, 3.05) is 25.2 Å². The third-order valence-corrected chi connectivity index (χ3v) is 5.76. The summed E-state index contributed by atoms with van der Waals surface area (Å²) in [6.07, 6.45) is 0.845. The quantitative estimate of drug-likeness (QED) is 0.496. The van der Waals surface area contributed by atoms with Crippen LogP contribution in [0.4, 0.5) is 14.5 Å². The summed E-state index contributed by atoms with van der Waals surface area (Å²) in [5, 5.41) is 11.6. The van der Waals surface area contributed by atoms with E-state index in [1.807, 2.05) is 49.0 Å². The van der Waals surface area contributed by atoms with E-state index in [1.165, 1.54) is 17.8 Å². The lowest BCUT2D eigenvalue weighted by atomic mass is 10.2. The molecule has 2 aromatic carbocycles. The van der Waals surface area contributed by atoms with Gasteiger partial charge in [0.1, 0.15) is 17.3 Å². The zero-order chi connectivity index (χ0) is 22.4. The van der Waals surface area contributed by atoms with E-state index in [0.717, 1.165) is 29.9 Å². The molecule has 164 valence electrons. The fourth-order valence-electron chi connectivity index (χ4n) is 3.27. The Morgan fingerprint density at radius 1 is 1.10 bits per heavy atom. The number of halogens is 2. The van der Waals surface area contributed by atoms with E-state index in [1.54, 1.807) is 0 Å². The van der Waals surface area contributed by atoms with Gasteiger partial charge in [-0.25, -0.2) is 8.78 Å². The lowest BCUT2D eigenvalue weighted by molar-refractivity contribution is -0.113. The van der Waals surface area contributed by atoms with Crippen molar-refractivity contribution < 1.29 is 13.6 Å². The molecule has 0 aliphatic heterocycles. The van der Waals surface area contributed by atoms with Crippen LogP contribution >= 0.6 is 11.8 Å². The maximum absolute atomic E-state index is 13.8. The summed E-state index contributed by atoms with van der Waals surface area (Å²) in [6.45, 7) is 2.63. The first-order valence-electron chi connectivity index (χ1n) is 9.90. The van der Waals surface area contributed by atoms with Crippen molar-refractivity contribution in [2.24, 2.45) is 0 Å². The van der Waals surface area contributed by atoms with Gasteiger partial charge >= 0.3 is 0 Å². The SMILES string of the molecule is CC[C@H](c1nnc(SCC(=O)Nc2c(F)cccc2F)n1Cc1ccccc1)N(C)C. The first-order chi connectivity index (χ1) is 14.9. The van der Waals surface area contributed by atoms with Gasteiger partial charge in [0.15, 0.2) is 11.0 Å². The van der Waals surface area contributed by atoms with Crippen molar-refractivity contribution in [3.05, 3.63) is 71.6 Å². The van der Waals surface area contributed by atoms with Gasteiger partial charge in [-0.3, -0.25) is 9.69 Å². The highest BCUT2D eigenvalue weighted by Gasteiger charge is 2.23. The molecule has 0 bridgehead atoms. The maximum Gasteiger partial charge on any atom is 0.235 e. The van der Waals surface area contributed by atoms with Crippen LogP contribution in [0.1, 0.15) is 30.8 Å². The minimum absolute atomic E-state index is 0.0561. The van der Waals surface area contributed by atoms with E-state index in [-0.39, 0.29) is 11.8 Å². The first-order valence-corrected chi connectivity index (χ1v) is 10.9. The molecule has 0 unspecified atom stereocenters. The lowest BCUT2D eigenvalue weighted by Gasteiger charge is -2.23. The average molecular weight is 446 g/mol. The molecule has 1 atom stereocenters. The van der Waals surface area contributed by atoms with Crippen LogP contribution in [0.15, 0.2) is 53.7 Å². The number of nitrogens with one attached hydrogen (secondary N) is 1. The summed E-state index contributed by atoms with van der Waals surface area (Å²) < 4.78 is 29.6. The monoisotopic (exact) mass is 445 g/mol. The fraction of sp³-hybridized carbons (Fsp3) is 0.318. The Morgan fingerprint density at radius 3 is 2.39 bits per heavy atom. The molecule has 0 spiro atoms. The zero-order valence-corrected chi connectivity index (χ0v) is 18.5. The molecule has 6 nitrogen and oxygen atoms in total. The molecule has 3 rings (SSSR count). The molecule has 0 saturated heterocycles. The van der Waals surface area contributed by atoms with E-state index in [0.29, 0.717) is 11.7 Å². The Hall–Kier alpha value is -2.78. The summed E-state index contributed by atoms with van der Waals surface area (Å²) >= 11 is 1.18. The molecular formula is C22H25F2N5OS. The van der Waals surface area contributed by atoms with Crippen molar-refractivity contribution in [3.63, 3.8) is 0 Å². The van der Waals surface area contributed by atoms with Crippen LogP contribution in [0, 0.1) is 11.6 Å². The summed E-state index contributed by atoms with van der Waals surface area (Å²) in [5.74, 6) is -1.41. The van der Waals surface area contributed by atoms with E-state index in [9.17, 15) is 13.6 Å². The molecule has 9 heteroatoms. The van der Waals surface area contributed by atoms with Crippen molar-refractivity contribution >= 4 is 23.4 Å². The molecule has 0 aliphatic rings. The van der Waals surface area contributed by atoms with Crippen LogP contribution < -0.4 is 5.32 Å². The van der Waals surface area contributed by atoms with Crippen LogP contribution in [0.3, 0.4) is 0 Å². The highest BCUT2D eigenvalue weighted by atomic mass is 32.2. The first kappa shape index (κ1) is 22.9. The smallest absolute Gasteiger partial charge is 0.235 e. The highest BCUT2D eigenvalue weighted by molar-refractivity contribution is 7.99. The third kappa shape index (κ3) is 5.68. The number of aromatic nitrogens is 3. The molecule has 0 saturated carbocycles. The Bertz CT molecular complexity index is 1010. The minimum Gasteiger partial charge on any atom is -0.320 e. The van der Waals surface area contributed by atoms with Gasteiger partial charge in [0, 0.05) is 0 Å². The summed E-state index contributed by atoms with van der Waals surface area (Å²) in [4.78, 5) is 14.4. The van der Waals surface area contributed by atoms with Gasteiger partial charge < -0.3 is 9.88 Å². The summed E-state index contributed by atoms with van der Waals surface area (Å²) in [6, 6.07) is 13.4. The van der Waals surface area contributed by atoms with Gasteiger partial charge in [-0.05, 0) is 38.2 Å². The standard InChI is InChI=1S/C22H25F2N5OS/c1-4-18(28(2)3)21-26-27-22(29(21)13-15-9-6-5-7-10-15)31-14-19(30)25-20-16(23)11-8-12-17(20)24/h5-12,18H,4,13-14H2,1-3H3,(H,25,30)/t18-/m1/s1. The zero-order valence-electron chi connectivity index (χ0n) is 17.7. The second-order valence-corrected chi connectivity index (χ2v) is 8.18. The Kier molecular flexibility index (Phi) is 7.75. The van der Waals surface area contributed by atoms with Crippen LogP contribution in [0.2, 0.25) is 0 Å². The highest BCUT2D eigenvalue weighted by Crippen LogP contribution is 2.26. The van der Waals surface area contributed by atoms with Crippen LogP contribution in [0.5, 0.6) is 0 Å². The van der Waals surface area contributed by atoms with Crippen LogP contribution in [0.25, 0.3) is 0 Å². The molecular weight excluding hydrogens is 420 g/mol. The van der Waals surface area contributed by atoms with Gasteiger partial charge in [-0.1, -0.05) is 55.1 Å². The van der Waals surface area contributed by atoms with E-state index in [2.05, 4.69) is 27.3 Å². The maximum atomic E-state index is 13.8. The number of carbonyl (C=O) groups excluding carboxylic acids is 1. The molecule has 31 heavy (non-hydrogen) atoms. The number of hydrogen-bond acceptors (Lipinski definition) is 5. The Labute approximate surface area is 184 Å². The number of benzene rings is 2. The second-order valence-electron chi connectivity index (χ2n) is 7.23. The molecule has 1 heterocycles. The molecule has 1 aromatic heterocycles. The van der Waals surface area contributed by atoms with Gasteiger partial charge in [0.25, 0.3) is 0 Å². The van der Waals surface area contributed by atoms with Gasteiger partial charge in [0.2, 0.25) is 5.91 Å². The number of thioether (sulfide) groups is 1. The van der Waals surface area contributed by atoms with Gasteiger partial charge in [0.05, 0.1) is 18.3 Å². The number of amides is 1. The largest absolute Gasteiger partial charge is 0.320 e. The van der Waals surface area contributed by atoms with E-state index >= 15 is 0 Å². The van der Waals surface area contributed by atoms with Crippen LogP contribution in [-0.4, -0.2) is 45.4 Å². The summed E-state index contributed by atoms with van der Waals surface area (Å²) in [5.41, 5.74) is 0.634. The number of anilines is 1. The van der Waals surface area contributed by atoms with E-state index in [4.69, 9.17) is 0 Å².